The zero-order valence-corrected chi connectivity index (χ0v) is 25.3. The van der Waals surface area contributed by atoms with E-state index in [1.807, 2.05) is 45.0 Å². The molecule has 2 heterocycles. The first-order chi connectivity index (χ1) is 16.4. The maximum absolute atomic E-state index is 13.8. The molecule has 35 heavy (non-hydrogen) atoms. The van der Waals surface area contributed by atoms with Gasteiger partial charge >= 0.3 is 215 Å². The first-order valence-corrected chi connectivity index (χ1v) is 20.4. The van der Waals surface area contributed by atoms with Crippen LogP contribution in [-0.2, 0) is 14.3 Å². The summed E-state index contributed by atoms with van der Waals surface area (Å²) in [6.07, 6.45) is 4.02. The van der Waals surface area contributed by atoms with Crippen LogP contribution in [0, 0.1) is 5.41 Å². The molecule has 1 atom stereocenters. The molecule has 0 aromatic heterocycles. The number of hydrogen-bond donors (Lipinski definition) is 0. The average Bonchev–Trinajstić information content (AvgIpc) is 3.20. The van der Waals surface area contributed by atoms with Crippen molar-refractivity contribution in [3.05, 3.63) is 41.0 Å². The number of imide groups is 1. The van der Waals surface area contributed by atoms with Gasteiger partial charge in [-0.3, -0.25) is 0 Å². The number of benzene rings is 1. The molecule has 1 unspecified atom stereocenters. The van der Waals surface area contributed by atoms with E-state index in [1.54, 1.807) is 0 Å². The Hall–Kier alpha value is -1.83. The van der Waals surface area contributed by atoms with Gasteiger partial charge in [0.15, 0.2) is 0 Å². The minimum absolute atomic E-state index is 0.114. The van der Waals surface area contributed by atoms with Crippen molar-refractivity contribution in [2.75, 3.05) is 13.7 Å². The predicted molar refractivity (Wildman–Crippen MR) is 141 cm³/mol. The summed E-state index contributed by atoms with van der Waals surface area (Å²) in [5.41, 5.74) is 1.43. The molecule has 1 saturated heterocycles. The van der Waals surface area contributed by atoms with Gasteiger partial charge in [0, 0.05) is 0 Å². The van der Waals surface area contributed by atoms with Crippen LogP contribution in [0.5, 0.6) is 0 Å². The molecule has 0 N–H and O–H groups in total. The van der Waals surface area contributed by atoms with E-state index >= 15 is 0 Å². The van der Waals surface area contributed by atoms with Crippen molar-refractivity contribution in [2.24, 2.45) is 5.41 Å². The van der Waals surface area contributed by atoms with Gasteiger partial charge in [-0.2, -0.15) is 0 Å². The zero-order valence-electron chi connectivity index (χ0n) is 22.5. The van der Waals surface area contributed by atoms with Crippen LogP contribution >= 0.6 is 0 Å². The number of hydrogen-bond acceptors (Lipinski definition) is 5. The van der Waals surface area contributed by atoms with Crippen molar-refractivity contribution in [3.63, 3.8) is 0 Å². The molecular weight excluding hydrogens is 549 g/mol. The second-order valence-electron chi connectivity index (χ2n) is 11.3. The normalized spacial score (nSPS) is 21.3. The van der Waals surface area contributed by atoms with Gasteiger partial charge in [0.1, 0.15) is 0 Å². The number of unbranched alkanes of at least 4 members (excludes halogenated alkanes) is 2. The van der Waals surface area contributed by atoms with E-state index in [0.29, 0.717) is 12.1 Å². The summed E-state index contributed by atoms with van der Waals surface area (Å²) < 4.78 is 15.2. The summed E-state index contributed by atoms with van der Waals surface area (Å²) in [5, 5.41) is 0. The number of fused-ring (bicyclic) bond motifs is 1. The third-order valence-electron chi connectivity index (χ3n) is 7.45. The van der Waals surface area contributed by atoms with Gasteiger partial charge in [-0.1, -0.05) is 0 Å². The summed E-state index contributed by atoms with van der Waals surface area (Å²) >= 11 is -3.04. The van der Waals surface area contributed by atoms with Gasteiger partial charge in [-0.05, 0) is 0 Å². The van der Waals surface area contributed by atoms with Crippen LogP contribution in [0.15, 0.2) is 29.8 Å². The Morgan fingerprint density at radius 1 is 1.06 bits per heavy atom. The fourth-order valence-electron chi connectivity index (χ4n) is 5.87. The van der Waals surface area contributed by atoms with Gasteiger partial charge in [-0.25, -0.2) is 0 Å². The second-order valence-corrected chi connectivity index (χ2v) is 23.9. The first-order valence-electron chi connectivity index (χ1n) is 12.9. The van der Waals surface area contributed by atoms with Gasteiger partial charge in [-0.15, -0.1) is 0 Å². The van der Waals surface area contributed by atoms with Crippen LogP contribution in [0.4, 0.5) is 4.79 Å². The van der Waals surface area contributed by atoms with Gasteiger partial charge in [0.25, 0.3) is 0 Å². The van der Waals surface area contributed by atoms with E-state index in [-0.39, 0.29) is 11.9 Å². The number of carbonyl (C=O) groups excluding carboxylic acids is 3. The summed E-state index contributed by atoms with van der Waals surface area (Å²) in [5.74, 6) is -0.471. The Bertz CT molecular complexity index is 999. The van der Waals surface area contributed by atoms with Gasteiger partial charge < -0.3 is 0 Å². The summed E-state index contributed by atoms with van der Waals surface area (Å²) in [4.78, 5) is 40.1. The van der Waals surface area contributed by atoms with E-state index in [9.17, 15) is 14.4 Å². The fourth-order valence-corrected chi connectivity index (χ4v) is 25.4. The number of methoxy groups -OCH3 is 1. The van der Waals surface area contributed by atoms with Crippen molar-refractivity contribution >= 4 is 39.9 Å². The zero-order chi connectivity index (χ0) is 26.0. The number of rotatable bonds is 8. The molecule has 0 aliphatic carbocycles. The third kappa shape index (κ3) is 5.47. The molecule has 7 heteroatoms. The molecule has 1 aromatic carbocycles. The number of likely N-dealkylation sites (tertiary alicyclic amines) is 1. The quantitative estimate of drug-likeness (QED) is 0.252. The average molecular weight is 590 g/mol. The Kier molecular flexibility index (Phi) is 8.44. The Morgan fingerprint density at radius 2 is 1.63 bits per heavy atom. The van der Waals surface area contributed by atoms with Crippen LogP contribution in [-0.4, -0.2) is 60.5 Å². The van der Waals surface area contributed by atoms with Crippen LogP contribution in [0.2, 0.25) is 13.3 Å². The Labute approximate surface area is 214 Å². The van der Waals surface area contributed by atoms with E-state index in [4.69, 9.17) is 9.47 Å². The molecule has 2 aliphatic rings. The van der Waals surface area contributed by atoms with Crippen LogP contribution in [0.3, 0.4) is 0 Å². The molecule has 2 amide bonds. The SMILES string of the molecule is CCC[CH2][Sn]1([CH2]CCC)[CH2]C2(C)C(=O)N(C(=O)OC(C)(C)C)CC2=[C]1c1ccc(C(=O)OC)cc1. The summed E-state index contributed by atoms with van der Waals surface area (Å²) in [6, 6.07) is 7.68. The van der Waals surface area contributed by atoms with Crippen molar-refractivity contribution in [2.45, 2.75) is 86.1 Å². The maximum atomic E-state index is 13.8. The molecule has 3 rings (SSSR count). The van der Waals surface area contributed by atoms with E-state index < -0.39 is 35.5 Å². The van der Waals surface area contributed by atoms with Gasteiger partial charge in [0.2, 0.25) is 0 Å². The number of ether oxygens (including phenoxy) is 2. The molecule has 2 aliphatic heterocycles. The van der Waals surface area contributed by atoms with Crippen LogP contribution in [0.1, 0.15) is 83.1 Å². The third-order valence-corrected chi connectivity index (χ3v) is 23.6. The standard InChI is InChI=1S/C20H23NO5.2C4H9.Sn/c1-19(2,3)26-18(24)21-12-15(20(4,5)17(21)23)11-13-7-9-14(10-8-13)16(22)25-6;2*1-3-4-2;/h7-10H,4,12H2,1-3,5-6H3;2*1,3-4H2,2H3;. The number of esters is 1. The summed E-state index contributed by atoms with van der Waals surface area (Å²) in [6.45, 7) is 12.3. The molecule has 0 saturated carbocycles. The Morgan fingerprint density at radius 3 is 2.11 bits per heavy atom. The van der Waals surface area contributed by atoms with E-state index in [1.165, 1.54) is 24.5 Å². The minimum atomic E-state index is -3.04. The molecule has 1 aromatic rings. The van der Waals surface area contributed by atoms with Crippen LogP contribution < -0.4 is 0 Å². The Balaban J connectivity index is 2.15. The molecule has 0 radical (unpaired) electrons. The monoisotopic (exact) mass is 591 g/mol. The number of nitrogens with zero attached hydrogens (tertiary/aromatic N) is 1. The van der Waals surface area contributed by atoms with Crippen molar-refractivity contribution in [1.82, 2.24) is 4.90 Å². The number of amides is 2. The van der Waals surface area contributed by atoms with Crippen molar-refractivity contribution in [3.8, 4) is 0 Å². The van der Waals surface area contributed by atoms with E-state index in [2.05, 4.69) is 20.8 Å². The predicted octanol–water partition coefficient (Wildman–Crippen LogP) is 6.61. The molecule has 0 bridgehead atoms. The first kappa shape index (κ1) is 27.8. The molecule has 1 fully saturated rings. The molecular formula is C28H41NO5Sn. The fraction of sp³-hybridized carbons (Fsp3) is 0.607. The topological polar surface area (TPSA) is 72.9 Å². The number of carbonyl (C=O) groups is 3. The van der Waals surface area contributed by atoms with Crippen LogP contribution in [0.25, 0.3) is 3.59 Å². The molecule has 0 spiro atoms. The van der Waals surface area contributed by atoms with Gasteiger partial charge in [0.05, 0.1) is 0 Å². The second kappa shape index (κ2) is 10.7. The summed E-state index contributed by atoms with van der Waals surface area (Å²) in [7, 11) is 1.38. The molecule has 6 nitrogen and oxygen atoms in total. The van der Waals surface area contributed by atoms with Crippen molar-refractivity contribution < 1.29 is 23.9 Å². The molecule has 192 valence electrons. The van der Waals surface area contributed by atoms with E-state index in [0.717, 1.165) is 41.3 Å². The van der Waals surface area contributed by atoms with Crippen molar-refractivity contribution in [1.29, 1.82) is 0 Å².